The molecule has 0 aromatic heterocycles. The molecule has 1 unspecified atom stereocenters. The summed E-state index contributed by atoms with van der Waals surface area (Å²) in [7, 11) is 1.41. The minimum absolute atomic E-state index is 0.662. The second-order valence-electron chi connectivity index (χ2n) is 4.10. The van der Waals surface area contributed by atoms with Crippen molar-refractivity contribution < 1.29 is 14.9 Å². The van der Waals surface area contributed by atoms with Crippen LogP contribution in [0, 0.1) is 5.92 Å². The summed E-state index contributed by atoms with van der Waals surface area (Å²) < 4.78 is 0. The number of aliphatic hydroxyl groups is 1. The lowest BCUT2D eigenvalue weighted by atomic mass is 10.0. The van der Waals surface area contributed by atoms with Crippen molar-refractivity contribution in [3.05, 3.63) is 0 Å². The fourth-order valence-electron chi connectivity index (χ4n) is 1.38. The van der Waals surface area contributed by atoms with Crippen molar-refractivity contribution in [3.63, 3.8) is 0 Å². The van der Waals surface area contributed by atoms with Gasteiger partial charge < -0.3 is 5.11 Å². The molecular weight excluding hydrogens is 180 g/mol. The van der Waals surface area contributed by atoms with Gasteiger partial charge in [-0.2, -0.15) is 0 Å². The molecule has 86 valence electrons. The molecule has 3 nitrogen and oxygen atoms in total. The first-order chi connectivity index (χ1) is 6.66. The molecule has 0 aliphatic carbocycles. The Morgan fingerprint density at radius 3 is 2.07 bits per heavy atom. The molecule has 0 saturated heterocycles. The summed E-state index contributed by atoms with van der Waals surface area (Å²) in [5, 5.41) is 9.15. The van der Waals surface area contributed by atoms with E-state index in [9.17, 15) is 0 Å². The largest absolute Gasteiger partial charge is 0.366 e. The van der Waals surface area contributed by atoms with Crippen LogP contribution in [0.3, 0.4) is 0 Å². The lowest BCUT2D eigenvalue weighted by molar-refractivity contribution is -0.355. The Balaban J connectivity index is 3.05. The molecule has 0 aromatic rings. The molecule has 1 atom stereocenters. The van der Waals surface area contributed by atoms with Crippen LogP contribution in [0.15, 0.2) is 0 Å². The van der Waals surface area contributed by atoms with Gasteiger partial charge in [-0.1, -0.05) is 39.5 Å². The average Bonchev–Trinajstić information content (AvgIpc) is 2.11. The monoisotopic (exact) mass is 204 g/mol. The highest BCUT2D eigenvalue weighted by molar-refractivity contribution is 4.49. The van der Waals surface area contributed by atoms with E-state index >= 15 is 0 Å². The van der Waals surface area contributed by atoms with Crippen LogP contribution in [-0.4, -0.2) is 18.5 Å². The first kappa shape index (κ1) is 13.9. The summed E-state index contributed by atoms with van der Waals surface area (Å²) in [5.41, 5.74) is 0. The van der Waals surface area contributed by atoms with Gasteiger partial charge in [0.1, 0.15) is 0 Å². The van der Waals surface area contributed by atoms with Gasteiger partial charge in [-0.15, -0.1) is 0 Å². The van der Waals surface area contributed by atoms with Crippen LogP contribution in [0.2, 0.25) is 0 Å². The number of unbranched alkanes of at least 4 members (excludes halogenated alkanes) is 3. The Labute approximate surface area is 87.3 Å². The Morgan fingerprint density at radius 2 is 1.57 bits per heavy atom. The number of aliphatic hydroxyl groups excluding tert-OH is 1. The maximum absolute atomic E-state index is 9.15. The standard InChI is InChI=1S/C11H24O3/c1-10(2)8-6-4-5-7-9-11(12)14-13-3/h10-12H,4-9H2,1-3H3. The molecule has 0 aliphatic heterocycles. The van der Waals surface area contributed by atoms with Crippen LogP contribution in [0.5, 0.6) is 0 Å². The molecule has 0 rings (SSSR count). The highest BCUT2D eigenvalue weighted by Gasteiger charge is 2.03. The van der Waals surface area contributed by atoms with E-state index in [-0.39, 0.29) is 0 Å². The fourth-order valence-corrected chi connectivity index (χ4v) is 1.38. The summed E-state index contributed by atoms with van der Waals surface area (Å²) in [4.78, 5) is 8.91. The molecule has 0 radical (unpaired) electrons. The van der Waals surface area contributed by atoms with Crippen molar-refractivity contribution in [2.45, 2.75) is 58.7 Å². The zero-order chi connectivity index (χ0) is 10.8. The van der Waals surface area contributed by atoms with Crippen molar-refractivity contribution >= 4 is 0 Å². The minimum atomic E-state index is -0.759. The van der Waals surface area contributed by atoms with E-state index in [1.165, 1.54) is 26.4 Å². The predicted octanol–water partition coefficient (Wildman–Crippen LogP) is 2.88. The second kappa shape index (κ2) is 9.44. The zero-order valence-electron chi connectivity index (χ0n) is 9.66. The molecule has 0 spiro atoms. The Bertz CT molecular complexity index is 115. The molecule has 3 heteroatoms. The summed E-state index contributed by atoms with van der Waals surface area (Å²) in [5.74, 6) is 0.803. The molecule has 0 heterocycles. The van der Waals surface area contributed by atoms with Crippen molar-refractivity contribution in [3.8, 4) is 0 Å². The summed E-state index contributed by atoms with van der Waals surface area (Å²) >= 11 is 0. The number of rotatable bonds is 9. The third-order valence-corrected chi connectivity index (χ3v) is 2.19. The molecule has 0 saturated carbocycles. The Hall–Kier alpha value is -0.120. The average molecular weight is 204 g/mol. The van der Waals surface area contributed by atoms with Gasteiger partial charge in [0.2, 0.25) is 0 Å². The summed E-state index contributed by atoms with van der Waals surface area (Å²) in [6, 6.07) is 0. The lowest BCUT2D eigenvalue weighted by Crippen LogP contribution is -2.10. The molecule has 0 aliphatic rings. The van der Waals surface area contributed by atoms with Gasteiger partial charge in [-0.05, 0) is 12.3 Å². The third kappa shape index (κ3) is 9.96. The Kier molecular flexibility index (Phi) is 9.35. The zero-order valence-corrected chi connectivity index (χ0v) is 9.66. The fraction of sp³-hybridized carbons (Fsp3) is 1.00. The van der Waals surface area contributed by atoms with Gasteiger partial charge >= 0.3 is 0 Å². The summed E-state index contributed by atoms with van der Waals surface area (Å²) in [6.45, 7) is 4.49. The Morgan fingerprint density at radius 1 is 1.00 bits per heavy atom. The van der Waals surface area contributed by atoms with Crippen LogP contribution < -0.4 is 0 Å². The molecule has 1 N–H and O–H groups in total. The minimum Gasteiger partial charge on any atom is -0.366 e. The van der Waals surface area contributed by atoms with E-state index < -0.39 is 6.29 Å². The maximum Gasteiger partial charge on any atom is 0.188 e. The highest BCUT2D eigenvalue weighted by atomic mass is 17.2. The van der Waals surface area contributed by atoms with E-state index in [0.717, 1.165) is 18.8 Å². The molecular formula is C11H24O3. The first-order valence-corrected chi connectivity index (χ1v) is 5.54. The van der Waals surface area contributed by atoms with Gasteiger partial charge in [0, 0.05) is 6.42 Å². The third-order valence-electron chi connectivity index (χ3n) is 2.19. The molecule has 0 amide bonds. The van der Waals surface area contributed by atoms with Crippen LogP contribution in [-0.2, 0) is 9.78 Å². The van der Waals surface area contributed by atoms with Crippen LogP contribution in [0.1, 0.15) is 52.4 Å². The van der Waals surface area contributed by atoms with Gasteiger partial charge in [0.05, 0.1) is 7.11 Å². The van der Waals surface area contributed by atoms with E-state index in [0.29, 0.717) is 6.42 Å². The second-order valence-corrected chi connectivity index (χ2v) is 4.10. The highest BCUT2D eigenvalue weighted by Crippen LogP contribution is 2.11. The molecule has 0 aromatic carbocycles. The van der Waals surface area contributed by atoms with E-state index in [4.69, 9.17) is 5.11 Å². The maximum atomic E-state index is 9.15. The van der Waals surface area contributed by atoms with E-state index in [1.54, 1.807) is 0 Å². The number of hydrogen-bond acceptors (Lipinski definition) is 3. The van der Waals surface area contributed by atoms with Crippen LogP contribution in [0.4, 0.5) is 0 Å². The molecule has 0 bridgehead atoms. The first-order valence-electron chi connectivity index (χ1n) is 5.54. The molecule has 14 heavy (non-hydrogen) atoms. The topological polar surface area (TPSA) is 38.7 Å². The van der Waals surface area contributed by atoms with Gasteiger partial charge in [0.25, 0.3) is 0 Å². The van der Waals surface area contributed by atoms with Crippen LogP contribution >= 0.6 is 0 Å². The quantitative estimate of drug-likeness (QED) is 0.272. The van der Waals surface area contributed by atoms with Crippen molar-refractivity contribution in [2.75, 3.05) is 7.11 Å². The smallest absolute Gasteiger partial charge is 0.188 e. The van der Waals surface area contributed by atoms with E-state index in [1.807, 2.05) is 0 Å². The van der Waals surface area contributed by atoms with Gasteiger partial charge in [-0.25, -0.2) is 9.78 Å². The predicted molar refractivity (Wildman–Crippen MR) is 56.6 cm³/mol. The normalized spacial score (nSPS) is 13.5. The lowest BCUT2D eigenvalue weighted by Gasteiger charge is -2.08. The van der Waals surface area contributed by atoms with Crippen LogP contribution in [0.25, 0.3) is 0 Å². The van der Waals surface area contributed by atoms with E-state index in [2.05, 4.69) is 23.6 Å². The van der Waals surface area contributed by atoms with Gasteiger partial charge in [-0.3, -0.25) is 0 Å². The molecule has 0 fully saturated rings. The SMILES string of the molecule is COOC(O)CCCCCCC(C)C. The van der Waals surface area contributed by atoms with Gasteiger partial charge in [0.15, 0.2) is 6.29 Å². The van der Waals surface area contributed by atoms with Crippen molar-refractivity contribution in [1.29, 1.82) is 0 Å². The van der Waals surface area contributed by atoms with Crippen molar-refractivity contribution in [2.24, 2.45) is 5.92 Å². The summed E-state index contributed by atoms with van der Waals surface area (Å²) in [6.07, 6.45) is 5.91. The van der Waals surface area contributed by atoms with Crippen molar-refractivity contribution in [1.82, 2.24) is 0 Å². The number of hydrogen-bond donors (Lipinski definition) is 1.